The van der Waals surface area contributed by atoms with Gasteiger partial charge >= 0.3 is 15.2 Å². The zero-order chi connectivity index (χ0) is 13.4. The van der Waals surface area contributed by atoms with Crippen LogP contribution in [0.4, 0.5) is 0 Å². The lowest BCUT2D eigenvalue weighted by Crippen LogP contribution is -2.01. The quantitative estimate of drug-likeness (QED) is 0.474. The Labute approximate surface area is 102 Å². The van der Waals surface area contributed by atoms with Crippen LogP contribution in [0.25, 0.3) is 0 Å². The summed E-state index contributed by atoms with van der Waals surface area (Å²) in [4.78, 5) is 18.7. The van der Waals surface area contributed by atoms with E-state index in [2.05, 4.69) is 0 Å². The smallest absolute Gasteiger partial charge is 0.324 e. The second-order valence-electron chi connectivity index (χ2n) is 3.79. The fourth-order valence-electron chi connectivity index (χ4n) is 1.01. The lowest BCUT2D eigenvalue weighted by Gasteiger charge is -2.16. The summed E-state index contributed by atoms with van der Waals surface area (Å²) in [6, 6.07) is 0. The predicted octanol–water partition coefficient (Wildman–Crippen LogP) is 2.95. The summed E-state index contributed by atoms with van der Waals surface area (Å²) in [5, 5.41) is 0. The normalized spacial score (nSPS) is 18.6. The van der Waals surface area contributed by atoms with Gasteiger partial charge in [0.1, 0.15) is 0 Å². The van der Waals surface area contributed by atoms with Crippen LogP contribution in [0.5, 0.6) is 0 Å². The second kappa shape index (κ2) is 8.41. The van der Waals surface area contributed by atoms with E-state index in [0.29, 0.717) is 12.8 Å². The molecule has 0 aromatic heterocycles. The highest BCUT2D eigenvalue weighted by Crippen LogP contribution is 2.58. The van der Waals surface area contributed by atoms with E-state index in [1.165, 1.54) is 0 Å². The molecule has 0 fully saturated rings. The Kier molecular flexibility index (Phi) is 8.56. The Hall–Kier alpha value is 0.300. The molecule has 0 rings (SSSR count). The molecular weight excluding hydrogens is 266 g/mol. The lowest BCUT2D eigenvalue weighted by molar-refractivity contribution is 0.242. The highest BCUT2D eigenvalue weighted by Gasteiger charge is 2.33. The first-order chi connectivity index (χ1) is 7.83. The van der Waals surface area contributed by atoms with Gasteiger partial charge in [-0.15, -0.1) is 0 Å². The number of hydrogen-bond donors (Lipinski definition) is 2. The molecule has 0 aromatic rings. The molecule has 8 heteroatoms. The van der Waals surface area contributed by atoms with E-state index >= 15 is 0 Å². The van der Waals surface area contributed by atoms with Gasteiger partial charge in [-0.3, -0.25) is 9.13 Å². The third kappa shape index (κ3) is 9.95. The van der Waals surface area contributed by atoms with E-state index < -0.39 is 21.1 Å². The van der Waals surface area contributed by atoms with Gasteiger partial charge < -0.3 is 18.8 Å². The molecule has 0 aliphatic carbocycles. The summed E-state index contributed by atoms with van der Waals surface area (Å²) < 4.78 is 32.3. The summed E-state index contributed by atoms with van der Waals surface area (Å²) in [5.41, 5.74) is 0. The zero-order valence-corrected chi connectivity index (χ0v) is 12.2. The zero-order valence-electron chi connectivity index (χ0n) is 10.4. The Balaban J connectivity index is 4.09. The topological polar surface area (TPSA) is 93.1 Å². The molecule has 17 heavy (non-hydrogen) atoms. The largest absolute Gasteiger partial charge is 0.340 e. The van der Waals surface area contributed by atoms with Crippen LogP contribution in [0.1, 0.15) is 39.5 Å². The van der Waals surface area contributed by atoms with Crippen molar-refractivity contribution < 1.29 is 28.0 Å². The van der Waals surface area contributed by atoms with E-state index in [4.69, 9.17) is 9.05 Å². The summed E-state index contributed by atoms with van der Waals surface area (Å²) in [6.07, 6.45) is 2.92. The van der Waals surface area contributed by atoms with Crippen molar-refractivity contribution in [1.82, 2.24) is 0 Å². The number of rotatable bonds is 10. The molecule has 104 valence electrons. The molecule has 2 atom stereocenters. The van der Waals surface area contributed by atoms with Crippen molar-refractivity contribution in [3.05, 3.63) is 0 Å². The van der Waals surface area contributed by atoms with Crippen molar-refractivity contribution in [2.45, 2.75) is 39.5 Å². The van der Waals surface area contributed by atoms with Crippen LogP contribution in [0.15, 0.2) is 0 Å². The molecule has 0 saturated carbocycles. The van der Waals surface area contributed by atoms with Crippen LogP contribution in [-0.4, -0.2) is 28.9 Å². The van der Waals surface area contributed by atoms with Gasteiger partial charge in [-0.05, 0) is 12.8 Å². The van der Waals surface area contributed by atoms with Crippen molar-refractivity contribution in [2.24, 2.45) is 0 Å². The second-order valence-corrected chi connectivity index (χ2v) is 7.99. The van der Waals surface area contributed by atoms with Crippen LogP contribution >= 0.6 is 15.2 Å². The standard InChI is InChI=1S/C9H22O6P2/c1-3-5-7-14-16(10,11)9-17(12,13)15-8-6-4-2/h3-9H2,1-2H3,(H,10,11)(H,12,13). The van der Waals surface area contributed by atoms with Crippen LogP contribution < -0.4 is 0 Å². The van der Waals surface area contributed by atoms with E-state index in [9.17, 15) is 18.9 Å². The van der Waals surface area contributed by atoms with Crippen LogP contribution in [0.2, 0.25) is 0 Å². The summed E-state index contributed by atoms with van der Waals surface area (Å²) in [5.74, 6) is -0.840. The third-order valence-electron chi connectivity index (χ3n) is 1.94. The Morgan fingerprint density at radius 3 is 1.53 bits per heavy atom. The predicted molar refractivity (Wildman–Crippen MR) is 66.2 cm³/mol. The van der Waals surface area contributed by atoms with Gasteiger partial charge in [0.15, 0.2) is 5.90 Å². The Bertz CT molecular complexity index is 265. The first kappa shape index (κ1) is 17.3. The molecule has 6 nitrogen and oxygen atoms in total. The minimum Gasteiger partial charge on any atom is -0.324 e. The van der Waals surface area contributed by atoms with E-state index in [-0.39, 0.29) is 13.2 Å². The van der Waals surface area contributed by atoms with Gasteiger partial charge in [-0.25, -0.2) is 0 Å². The molecule has 2 N–H and O–H groups in total. The molecule has 2 unspecified atom stereocenters. The molecule has 0 aliphatic heterocycles. The van der Waals surface area contributed by atoms with Crippen molar-refractivity contribution in [3.63, 3.8) is 0 Å². The molecule has 0 aliphatic rings. The van der Waals surface area contributed by atoms with Gasteiger partial charge in [-0.2, -0.15) is 0 Å². The maximum atomic E-state index is 11.5. The molecule has 0 spiro atoms. The summed E-state index contributed by atoms with van der Waals surface area (Å²) in [7, 11) is -8.06. The van der Waals surface area contributed by atoms with Crippen molar-refractivity contribution >= 4 is 15.2 Å². The fourth-order valence-corrected chi connectivity index (χ4v) is 4.30. The fraction of sp³-hybridized carbons (Fsp3) is 1.00. The van der Waals surface area contributed by atoms with Crippen molar-refractivity contribution in [2.75, 3.05) is 19.1 Å². The molecule has 0 amide bonds. The van der Waals surface area contributed by atoms with Gasteiger partial charge in [0, 0.05) is 0 Å². The molecule has 0 bridgehead atoms. The average Bonchev–Trinajstić information content (AvgIpc) is 2.16. The van der Waals surface area contributed by atoms with Crippen molar-refractivity contribution in [1.29, 1.82) is 0 Å². The lowest BCUT2D eigenvalue weighted by atomic mass is 10.4. The maximum absolute atomic E-state index is 11.5. The minimum absolute atomic E-state index is 0.110. The van der Waals surface area contributed by atoms with Gasteiger partial charge in [0.05, 0.1) is 13.2 Å². The molecule has 0 heterocycles. The van der Waals surface area contributed by atoms with E-state index in [1.54, 1.807) is 0 Å². The highest BCUT2D eigenvalue weighted by molar-refractivity contribution is 7.70. The SMILES string of the molecule is CCCCOP(=O)(O)CP(=O)(O)OCCCC. The van der Waals surface area contributed by atoms with Crippen LogP contribution in [0.3, 0.4) is 0 Å². The number of hydrogen-bond acceptors (Lipinski definition) is 4. The van der Waals surface area contributed by atoms with Crippen molar-refractivity contribution in [3.8, 4) is 0 Å². The summed E-state index contributed by atoms with van der Waals surface area (Å²) >= 11 is 0. The van der Waals surface area contributed by atoms with Crippen LogP contribution in [0, 0.1) is 0 Å². The van der Waals surface area contributed by atoms with Crippen LogP contribution in [-0.2, 0) is 18.2 Å². The molecular formula is C9H22O6P2. The monoisotopic (exact) mass is 288 g/mol. The molecule has 0 aromatic carbocycles. The first-order valence-electron chi connectivity index (χ1n) is 5.75. The van der Waals surface area contributed by atoms with E-state index in [0.717, 1.165) is 12.8 Å². The minimum atomic E-state index is -4.03. The highest BCUT2D eigenvalue weighted by atomic mass is 31.2. The van der Waals surface area contributed by atoms with Gasteiger partial charge in [-0.1, -0.05) is 26.7 Å². The Morgan fingerprint density at radius 1 is 0.882 bits per heavy atom. The average molecular weight is 288 g/mol. The number of unbranched alkanes of at least 4 members (excludes halogenated alkanes) is 2. The molecule has 0 saturated heterocycles. The maximum Gasteiger partial charge on any atom is 0.340 e. The Morgan fingerprint density at radius 2 is 1.24 bits per heavy atom. The molecule has 0 radical (unpaired) electrons. The summed E-state index contributed by atoms with van der Waals surface area (Å²) in [6.45, 7) is 4.05. The first-order valence-corrected chi connectivity index (χ1v) is 9.28. The van der Waals surface area contributed by atoms with E-state index in [1.807, 2.05) is 13.8 Å². The third-order valence-corrected chi connectivity index (χ3v) is 5.97. The van der Waals surface area contributed by atoms with Gasteiger partial charge in [0.2, 0.25) is 0 Å². The van der Waals surface area contributed by atoms with Gasteiger partial charge in [0.25, 0.3) is 0 Å².